The molecule has 0 spiro atoms. The first kappa shape index (κ1) is 14.6. The monoisotopic (exact) mass is 279 g/mol. The Morgan fingerprint density at radius 2 is 1.95 bits per heavy atom. The average Bonchev–Trinajstić information content (AvgIpc) is 2.94. The van der Waals surface area contributed by atoms with Crippen LogP contribution in [0.25, 0.3) is 0 Å². The molecule has 1 N–H and O–H groups in total. The Balaban J connectivity index is 1.81. The number of β-amino-alcohol motifs (C(OH)–C–C–N with tert-alkyl or cyclic N) is 1. The first-order valence-corrected chi connectivity index (χ1v) is 6.89. The second-order valence-electron chi connectivity index (χ2n) is 5.78. The molecule has 2 aliphatic rings. The van der Waals surface area contributed by atoms with Gasteiger partial charge in [0.2, 0.25) is 5.91 Å². The maximum atomic E-state index is 12.6. The highest BCUT2D eigenvalue weighted by atomic mass is 19.4. The van der Waals surface area contributed by atoms with Crippen LogP contribution in [0, 0.1) is 5.92 Å². The Bertz CT molecular complexity index is 339. The van der Waals surface area contributed by atoms with Gasteiger partial charge in [0.05, 0.1) is 6.54 Å². The van der Waals surface area contributed by atoms with Gasteiger partial charge in [-0.1, -0.05) is 25.7 Å². The van der Waals surface area contributed by atoms with E-state index in [4.69, 9.17) is 0 Å². The molecule has 0 aromatic rings. The molecule has 0 aromatic carbocycles. The van der Waals surface area contributed by atoms with Crippen LogP contribution >= 0.6 is 0 Å². The number of aliphatic hydroxyl groups is 1. The van der Waals surface area contributed by atoms with Gasteiger partial charge in [-0.05, 0) is 12.3 Å². The summed E-state index contributed by atoms with van der Waals surface area (Å²) in [5.41, 5.74) is -2.71. The molecule has 0 unspecified atom stereocenters. The first-order valence-electron chi connectivity index (χ1n) is 6.89. The van der Waals surface area contributed by atoms with E-state index in [0.717, 1.165) is 24.2 Å². The van der Waals surface area contributed by atoms with E-state index < -0.39 is 24.7 Å². The number of hydrogen-bond acceptors (Lipinski definition) is 2. The molecule has 0 aromatic heterocycles. The number of hydrogen-bond donors (Lipinski definition) is 1. The smallest absolute Gasteiger partial charge is 0.379 e. The molecule has 3 nitrogen and oxygen atoms in total. The van der Waals surface area contributed by atoms with Gasteiger partial charge in [0.15, 0.2) is 5.60 Å². The van der Waals surface area contributed by atoms with Crippen molar-refractivity contribution in [3.05, 3.63) is 0 Å². The number of nitrogens with zero attached hydrogens (tertiary/aromatic N) is 1. The number of halogens is 3. The minimum Gasteiger partial charge on any atom is -0.379 e. The normalized spacial score (nSPS) is 29.2. The van der Waals surface area contributed by atoms with Crippen molar-refractivity contribution in [2.45, 2.75) is 56.7 Å². The predicted octanol–water partition coefficient (Wildman–Crippen LogP) is 2.48. The summed E-state index contributed by atoms with van der Waals surface area (Å²) < 4.78 is 37.9. The van der Waals surface area contributed by atoms with Gasteiger partial charge in [-0.2, -0.15) is 13.2 Å². The molecule has 19 heavy (non-hydrogen) atoms. The summed E-state index contributed by atoms with van der Waals surface area (Å²) in [6, 6.07) is 0. The third kappa shape index (κ3) is 3.22. The molecular formula is C13H20F3NO2. The third-order valence-electron chi connectivity index (χ3n) is 4.37. The van der Waals surface area contributed by atoms with Gasteiger partial charge < -0.3 is 10.0 Å². The number of carbonyl (C=O) groups is 1. The molecule has 1 aliphatic heterocycles. The Labute approximate surface area is 110 Å². The molecule has 1 saturated carbocycles. The van der Waals surface area contributed by atoms with Crippen LogP contribution in [0.4, 0.5) is 13.2 Å². The highest BCUT2D eigenvalue weighted by molar-refractivity contribution is 5.76. The van der Waals surface area contributed by atoms with Crippen LogP contribution in [0.3, 0.4) is 0 Å². The van der Waals surface area contributed by atoms with Gasteiger partial charge in [-0.25, -0.2) is 0 Å². The van der Waals surface area contributed by atoms with E-state index in [1.165, 1.54) is 12.8 Å². The number of rotatable bonds is 3. The number of likely N-dealkylation sites (tertiary alicyclic amines) is 1. The SMILES string of the molecule is O=C(CCC1CCCC1)N1CC[C@](O)(C(F)(F)F)C1. The molecule has 1 aliphatic carbocycles. The molecule has 110 valence electrons. The fourth-order valence-electron chi connectivity index (χ4n) is 3.02. The lowest BCUT2D eigenvalue weighted by molar-refractivity contribution is -0.253. The predicted molar refractivity (Wildman–Crippen MR) is 63.4 cm³/mol. The van der Waals surface area contributed by atoms with E-state index in [-0.39, 0.29) is 12.5 Å². The maximum absolute atomic E-state index is 12.6. The molecule has 6 heteroatoms. The molecule has 1 amide bonds. The Morgan fingerprint density at radius 1 is 1.32 bits per heavy atom. The number of amides is 1. The zero-order valence-corrected chi connectivity index (χ0v) is 10.9. The molecule has 1 atom stereocenters. The summed E-state index contributed by atoms with van der Waals surface area (Å²) in [5.74, 6) is 0.292. The standard InChI is InChI=1S/C13H20F3NO2/c14-13(15,16)12(19)7-8-17(9-12)11(18)6-5-10-3-1-2-4-10/h10,19H,1-9H2/t12-/m1/s1. The number of carbonyl (C=O) groups excluding carboxylic acids is 1. The summed E-state index contributed by atoms with van der Waals surface area (Å²) in [5, 5.41) is 9.51. The van der Waals surface area contributed by atoms with Crippen molar-refractivity contribution in [3.8, 4) is 0 Å². The van der Waals surface area contributed by atoms with Gasteiger partial charge in [-0.3, -0.25) is 4.79 Å². The van der Waals surface area contributed by atoms with Gasteiger partial charge in [0.25, 0.3) is 0 Å². The summed E-state index contributed by atoms with van der Waals surface area (Å²) in [6.45, 7) is -0.612. The van der Waals surface area contributed by atoms with Crippen molar-refractivity contribution in [1.29, 1.82) is 0 Å². The fourth-order valence-corrected chi connectivity index (χ4v) is 3.02. The second-order valence-corrected chi connectivity index (χ2v) is 5.78. The van der Waals surface area contributed by atoms with E-state index in [2.05, 4.69) is 0 Å². The van der Waals surface area contributed by atoms with E-state index in [1.807, 2.05) is 0 Å². The Morgan fingerprint density at radius 3 is 2.47 bits per heavy atom. The van der Waals surface area contributed by atoms with Crippen molar-refractivity contribution in [2.75, 3.05) is 13.1 Å². The van der Waals surface area contributed by atoms with Crippen LogP contribution in [0.15, 0.2) is 0 Å². The Kier molecular flexibility index (Phi) is 4.08. The summed E-state index contributed by atoms with van der Waals surface area (Å²) in [7, 11) is 0. The van der Waals surface area contributed by atoms with E-state index in [0.29, 0.717) is 12.3 Å². The molecule has 2 fully saturated rings. The van der Waals surface area contributed by atoms with Crippen molar-refractivity contribution in [2.24, 2.45) is 5.92 Å². The fraction of sp³-hybridized carbons (Fsp3) is 0.923. The zero-order valence-electron chi connectivity index (χ0n) is 10.9. The van der Waals surface area contributed by atoms with Gasteiger partial charge >= 0.3 is 6.18 Å². The molecule has 1 saturated heterocycles. The Hall–Kier alpha value is -0.780. The molecule has 2 rings (SSSR count). The van der Waals surface area contributed by atoms with Crippen LogP contribution < -0.4 is 0 Å². The summed E-state index contributed by atoms with van der Waals surface area (Å²) in [4.78, 5) is 13.0. The van der Waals surface area contributed by atoms with Crippen LogP contribution in [-0.4, -0.2) is 40.8 Å². The largest absolute Gasteiger partial charge is 0.419 e. The van der Waals surface area contributed by atoms with E-state index in [1.54, 1.807) is 0 Å². The highest BCUT2D eigenvalue weighted by Crippen LogP contribution is 2.38. The number of alkyl halides is 3. The van der Waals surface area contributed by atoms with Crippen molar-refractivity contribution in [3.63, 3.8) is 0 Å². The summed E-state index contributed by atoms with van der Waals surface area (Å²) >= 11 is 0. The van der Waals surface area contributed by atoms with Gasteiger partial charge in [0.1, 0.15) is 0 Å². The van der Waals surface area contributed by atoms with Gasteiger partial charge in [0, 0.05) is 19.4 Å². The molecule has 1 heterocycles. The van der Waals surface area contributed by atoms with E-state index >= 15 is 0 Å². The maximum Gasteiger partial charge on any atom is 0.419 e. The summed E-state index contributed by atoms with van der Waals surface area (Å²) in [6.07, 6.45) is 0.629. The lowest BCUT2D eigenvalue weighted by Crippen LogP contribution is -2.48. The van der Waals surface area contributed by atoms with Crippen LogP contribution in [0.1, 0.15) is 44.9 Å². The second kappa shape index (κ2) is 5.31. The van der Waals surface area contributed by atoms with Crippen molar-refractivity contribution >= 4 is 5.91 Å². The van der Waals surface area contributed by atoms with E-state index in [9.17, 15) is 23.1 Å². The van der Waals surface area contributed by atoms with Crippen LogP contribution in [0.5, 0.6) is 0 Å². The average molecular weight is 279 g/mol. The lowest BCUT2D eigenvalue weighted by atomic mass is 10.0. The first-order chi connectivity index (χ1) is 8.82. The van der Waals surface area contributed by atoms with Crippen LogP contribution in [-0.2, 0) is 4.79 Å². The minimum atomic E-state index is -4.66. The van der Waals surface area contributed by atoms with Crippen molar-refractivity contribution < 1.29 is 23.1 Å². The highest BCUT2D eigenvalue weighted by Gasteiger charge is 2.57. The zero-order chi connectivity index (χ0) is 14.1. The van der Waals surface area contributed by atoms with Gasteiger partial charge in [-0.15, -0.1) is 0 Å². The quantitative estimate of drug-likeness (QED) is 0.862. The third-order valence-corrected chi connectivity index (χ3v) is 4.37. The van der Waals surface area contributed by atoms with Crippen LogP contribution in [0.2, 0.25) is 0 Å². The molecule has 0 radical (unpaired) electrons. The lowest BCUT2D eigenvalue weighted by Gasteiger charge is -2.26. The topological polar surface area (TPSA) is 40.5 Å². The van der Waals surface area contributed by atoms with Crippen molar-refractivity contribution in [1.82, 2.24) is 4.90 Å². The molecular weight excluding hydrogens is 259 g/mol. The molecule has 0 bridgehead atoms. The minimum absolute atomic E-state index is 0.000486.